The molecule has 0 radical (unpaired) electrons. The molecule has 2 aromatic heterocycles. The predicted octanol–water partition coefficient (Wildman–Crippen LogP) is 4.27. The molecule has 0 unspecified atom stereocenters. The second-order valence-corrected chi connectivity index (χ2v) is 7.45. The topological polar surface area (TPSA) is 80.3 Å². The summed E-state index contributed by atoms with van der Waals surface area (Å²) in [5, 5.41) is 11.2. The van der Waals surface area contributed by atoms with Gasteiger partial charge in [-0.25, -0.2) is 4.98 Å². The fourth-order valence-corrected chi connectivity index (χ4v) is 3.21. The summed E-state index contributed by atoms with van der Waals surface area (Å²) in [6.07, 6.45) is 3.45. The zero-order valence-electron chi connectivity index (χ0n) is 18.8. The van der Waals surface area contributed by atoms with Gasteiger partial charge in [0.15, 0.2) is 5.96 Å². The first-order valence-electron chi connectivity index (χ1n) is 10.6. The van der Waals surface area contributed by atoms with Crippen LogP contribution in [0.2, 0.25) is 0 Å². The number of nitrogens with one attached hydrogen (secondary N) is 2. The van der Waals surface area contributed by atoms with Gasteiger partial charge in [-0.3, -0.25) is 9.67 Å². The summed E-state index contributed by atoms with van der Waals surface area (Å²) in [5.41, 5.74) is 5.40. The van der Waals surface area contributed by atoms with Gasteiger partial charge in [-0.2, -0.15) is 5.10 Å². The van der Waals surface area contributed by atoms with Crippen LogP contribution in [0.3, 0.4) is 0 Å². The van der Waals surface area contributed by atoms with Crippen LogP contribution in [0.15, 0.2) is 46.0 Å². The van der Waals surface area contributed by atoms with E-state index in [2.05, 4.69) is 64.7 Å². The van der Waals surface area contributed by atoms with Crippen molar-refractivity contribution in [2.45, 2.75) is 47.1 Å². The molecule has 3 aromatic rings. The highest BCUT2D eigenvalue weighted by molar-refractivity contribution is 14.0. The summed E-state index contributed by atoms with van der Waals surface area (Å²) in [5.74, 6) is 1.49. The van der Waals surface area contributed by atoms with Crippen molar-refractivity contribution in [3.8, 4) is 11.5 Å². The summed E-state index contributed by atoms with van der Waals surface area (Å²) in [6.45, 7) is 11.4. The first-order valence-corrected chi connectivity index (χ1v) is 10.6. The van der Waals surface area contributed by atoms with E-state index in [0.717, 1.165) is 61.9 Å². The Labute approximate surface area is 201 Å². The van der Waals surface area contributed by atoms with E-state index in [4.69, 9.17) is 4.42 Å². The van der Waals surface area contributed by atoms with Crippen molar-refractivity contribution in [1.29, 1.82) is 0 Å². The van der Waals surface area contributed by atoms with Crippen molar-refractivity contribution in [3.63, 3.8) is 0 Å². The van der Waals surface area contributed by atoms with Crippen LogP contribution in [0.5, 0.6) is 0 Å². The Balaban J connectivity index is 0.00000341. The third-order valence-electron chi connectivity index (χ3n) is 4.77. The summed E-state index contributed by atoms with van der Waals surface area (Å²) in [4.78, 5) is 9.26. The Morgan fingerprint density at radius 1 is 1.13 bits per heavy atom. The van der Waals surface area contributed by atoms with Crippen LogP contribution >= 0.6 is 24.0 Å². The lowest BCUT2D eigenvalue weighted by Crippen LogP contribution is -2.38. The van der Waals surface area contributed by atoms with E-state index in [9.17, 15) is 0 Å². The first kappa shape index (κ1) is 24.9. The minimum Gasteiger partial charge on any atom is -0.444 e. The number of hydrogen-bond donors (Lipinski definition) is 2. The number of benzene rings is 1. The number of oxazole rings is 1. The first-order chi connectivity index (χ1) is 14.5. The van der Waals surface area contributed by atoms with E-state index in [-0.39, 0.29) is 24.0 Å². The lowest BCUT2D eigenvalue weighted by Gasteiger charge is -2.10. The molecule has 2 heterocycles. The number of aromatic nitrogens is 3. The van der Waals surface area contributed by atoms with E-state index in [1.807, 2.05) is 23.7 Å². The molecule has 8 heteroatoms. The minimum absolute atomic E-state index is 0. The molecule has 0 fully saturated rings. The van der Waals surface area contributed by atoms with Crippen LogP contribution in [0, 0.1) is 20.8 Å². The third-order valence-corrected chi connectivity index (χ3v) is 4.77. The van der Waals surface area contributed by atoms with Gasteiger partial charge in [0.05, 0.1) is 11.4 Å². The van der Waals surface area contributed by atoms with Gasteiger partial charge in [0, 0.05) is 43.9 Å². The number of rotatable bonds is 9. The maximum Gasteiger partial charge on any atom is 0.226 e. The second-order valence-electron chi connectivity index (χ2n) is 7.45. The molecule has 2 N–H and O–H groups in total. The highest BCUT2D eigenvalue weighted by atomic mass is 127. The molecule has 0 aliphatic heterocycles. The average Bonchev–Trinajstić information content (AvgIpc) is 3.31. The molecule has 168 valence electrons. The van der Waals surface area contributed by atoms with Crippen molar-refractivity contribution in [2.24, 2.45) is 4.99 Å². The Morgan fingerprint density at radius 3 is 2.58 bits per heavy atom. The van der Waals surface area contributed by atoms with Crippen molar-refractivity contribution >= 4 is 29.9 Å². The van der Waals surface area contributed by atoms with Gasteiger partial charge in [0.25, 0.3) is 0 Å². The molecule has 0 aliphatic carbocycles. The standard InChI is InChI=1S/C23H32N6O.HI/c1-5-24-23(25-12-6-14-29-19(4)15-18(3)28-29)26-13-11-21-16-30-22(27-21)20-9-7-17(2)8-10-20;/h7-10,15-16H,5-6,11-14H2,1-4H3,(H2,24,25,26);1H. The van der Waals surface area contributed by atoms with Crippen molar-refractivity contribution in [2.75, 3.05) is 19.6 Å². The van der Waals surface area contributed by atoms with Gasteiger partial charge < -0.3 is 15.1 Å². The molecule has 1 aromatic carbocycles. The molecular formula is C23H33IN6O. The zero-order valence-corrected chi connectivity index (χ0v) is 21.1. The summed E-state index contributed by atoms with van der Waals surface area (Å²) in [7, 11) is 0. The maximum absolute atomic E-state index is 5.64. The predicted molar refractivity (Wildman–Crippen MR) is 136 cm³/mol. The second kappa shape index (κ2) is 12.5. The molecule has 0 spiro atoms. The molecule has 0 saturated carbocycles. The van der Waals surface area contributed by atoms with Gasteiger partial charge >= 0.3 is 0 Å². The molecule has 0 saturated heterocycles. The number of aryl methyl sites for hydroxylation is 4. The number of aliphatic imine (C=N–C) groups is 1. The fourth-order valence-electron chi connectivity index (χ4n) is 3.21. The molecule has 0 atom stereocenters. The lowest BCUT2D eigenvalue weighted by atomic mass is 10.1. The van der Waals surface area contributed by atoms with Crippen LogP contribution < -0.4 is 10.6 Å². The summed E-state index contributed by atoms with van der Waals surface area (Å²) >= 11 is 0. The Morgan fingerprint density at radius 2 is 1.90 bits per heavy atom. The van der Waals surface area contributed by atoms with Crippen LogP contribution in [0.4, 0.5) is 0 Å². The summed E-state index contributed by atoms with van der Waals surface area (Å²) in [6, 6.07) is 10.3. The van der Waals surface area contributed by atoms with Crippen LogP contribution in [0.1, 0.15) is 36.0 Å². The Kier molecular flexibility index (Phi) is 10.0. The molecule has 0 amide bonds. The molecule has 31 heavy (non-hydrogen) atoms. The van der Waals surface area contributed by atoms with Gasteiger partial charge in [0.2, 0.25) is 5.89 Å². The normalized spacial score (nSPS) is 11.3. The largest absolute Gasteiger partial charge is 0.444 e. The quantitative estimate of drug-likeness (QED) is 0.185. The SMILES string of the molecule is CCNC(=NCCCn1nc(C)cc1C)NCCc1coc(-c2ccc(C)cc2)n1.I. The number of nitrogens with zero attached hydrogens (tertiary/aromatic N) is 4. The third kappa shape index (κ3) is 7.68. The highest BCUT2D eigenvalue weighted by Crippen LogP contribution is 2.19. The van der Waals surface area contributed by atoms with E-state index >= 15 is 0 Å². The highest BCUT2D eigenvalue weighted by Gasteiger charge is 2.07. The molecule has 7 nitrogen and oxygen atoms in total. The minimum atomic E-state index is 0. The molecular weight excluding hydrogens is 503 g/mol. The van der Waals surface area contributed by atoms with Crippen molar-refractivity contribution in [3.05, 3.63) is 59.2 Å². The smallest absolute Gasteiger partial charge is 0.226 e. The van der Waals surface area contributed by atoms with Crippen LogP contribution in [0.25, 0.3) is 11.5 Å². The number of hydrogen-bond acceptors (Lipinski definition) is 4. The van der Waals surface area contributed by atoms with Crippen LogP contribution in [-0.4, -0.2) is 40.4 Å². The Hall–Kier alpha value is -2.36. The fraction of sp³-hybridized carbons (Fsp3) is 0.435. The average molecular weight is 536 g/mol. The van der Waals surface area contributed by atoms with Gasteiger partial charge in [-0.1, -0.05) is 17.7 Å². The number of guanidine groups is 1. The maximum atomic E-state index is 5.64. The lowest BCUT2D eigenvalue weighted by molar-refractivity contribution is 0.567. The monoisotopic (exact) mass is 536 g/mol. The van der Waals surface area contributed by atoms with Crippen molar-refractivity contribution in [1.82, 2.24) is 25.4 Å². The van der Waals surface area contributed by atoms with E-state index < -0.39 is 0 Å². The van der Waals surface area contributed by atoms with Crippen molar-refractivity contribution < 1.29 is 4.42 Å². The van der Waals surface area contributed by atoms with Gasteiger partial charge in [-0.15, -0.1) is 24.0 Å². The molecule has 3 rings (SSSR count). The molecule has 0 aliphatic rings. The van der Waals surface area contributed by atoms with E-state index in [1.54, 1.807) is 6.26 Å². The number of halogens is 1. The Bertz CT molecular complexity index is 961. The molecule has 0 bridgehead atoms. The van der Waals surface area contributed by atoms with E-state index in [0.29, 0.717) is 5.89 Å². The van der Waals surface area contributed by atoms with Crippen LogP contribution in [-0.2, 0) is 13.0 Å². The van der Waals surface area contributed by atoms with Gasteiger partial charge in [0.1, 0.15) is 6.26 Å². The van der Waals surface area contributed by atoms with Gasteiger partial charge in [-0.05, 0) is 52.3 Å². The summed E-state index contributed by atoms with van der Waals surface area (Å²) < 4.78 is 7.68. The van der Waals surface area contributed by atoms with E-state index in [1.165, 1.54) is 11.3 Å². The zero-order chi connectivity index (χ0) is 21.3.